The fourth-order valence-corrected chi connectivity index (χ4v) is 7.27. The zero-order valence-electron chi connectivity index (χ0n) is 20.4. The molecule has 0 aliphatic carbocycles. The Hall–Kier alpha value is -2.57. The predicted molar refractivity (Wildman–Crippen MR) is 133 cm³/mol. The number of alkyl halides is 1. The van der Waals surface area contributed by atoms with Crippen molar-refractivity contribution < 1.29 is 24.2 Å². The van der Waals surface area contributed by atoms with Crippen LogP contribution in [0.4, 0.5) is 0 Å². The van der Waals surface area contributed by atoms with Gasteiger partial charge in [-0.2, -0.15) is 0 Å². The van der Waals surface area contributed by atoms with E-state index in [9.17, 15) is 19.5 Å². The summed E-state index contributed by atoms with van der Waals surface area (Å²) < 4.78 is 8.00. The van der Waals surface area contributed by atoms with Gasteiger partial charge in [-0.25, -0.2) is 4.68 Å². The van der Waals surface area contributed by atoms with Gasteiger partial charge >= 0.3 is 0 Å². The molecule has 3 unspecified atom stereocenters. The normalized spacial score (nSPS) is 31.8. The van der Waals surface area contributed by atoms with Crippen LogP contribution in [0.25, 0.3) is 11.0 Å². The molecule has 2 bridgehead atoms. The SMILES string of the molecule is CNC(=O)[C@H]1[C@@H]2OC3(CC2Br)C(C(=O)NCn2nnc4ccccc42)N([C@@H](CO)CC(C)C)C(=O)[C@H]13. The Kier molecular flexibility index (Phi) is 6.54. The van der Waals surface area contributed by atoms with Crippen molar-refractivity contribution in [1.29, 1.82) is 0 Å². The summed E-state index contributed by atoms with van der Waals surface area (Å²) in [4.78, 5) is 42.0. The van der Waals surface area contributed by atoms with Crippen LogP contribution in [-0.2, 0) is 25.8 Å². The number of amides is 3. The van der Waals surface area contributed by atoms with Crippen molar-refractivity contribution in [3.05, 3.63) is 24.3 Å². The van der Waals surface area contributed by atoms with Crippen molar-refractivity contribution in [1.82, 2.24) is 30.5 Å². The Morgan fingerprint density at radius 1 is 1.31 bits per heavy atom. The number of carbonyl (C=O) groups is 3. The van der Waals surface area contributed by atoms with Crippen LogP contribution in [0.2, 0.25) is 0 Å². The molecule has 3 saturated heterocycles. The molecular formula is C24H31BrN6O5. The van der Waals surface area contributed by atoms with Gasteiger partial charge in [0.25, 0.3) is 0 Å². The van der Waals surface area contributed by atoms with Crippen LogP contribution in [0.3, 0.4) is 0 Å². The Morgan fingerprint density at radius 2 is 2.06 bits per heavy atom. The largest absolute Gasteiger partial charge is 0.394 e. The topological polar surface area (TPSA) is 139 Å². The number of hydrogen-bond donors (Lipinski definition) is 3. The number of rotatable bonds is 8. The Morgan fingerprint density at radius 3 is 2.75 bits per heavy atom. The van der Waals surface area contributed by atoms with Crippen molar-refractivity contribution in [3.63, 3.8) is 0 Å². The number of ether oxygens (including phenoxy) is 1. The molecule has 7 atom stereocenters. The van der Waals surface area contributed by atoms with Gasteiger partial charge in [-0.1, -0.05) is 47.1 Å². The smallest absolute Gasteiger partial charge is 0.247 e. The molecule has 1 aromatic carbocycles. The average molecular weight is 563 g/mol. The summed E-state index contributed by atoms with van der Waals surface area (Å²) in [5.74, 6) is -2.38. The first-order valence-electron chi connectivity index (χ1n) is 12.3. The Labute approximate surface area is 217 Å². The molecule has 3 amide bonds. The summed E-state index contributed by atoms with van der Waals surface area (Å²) in [6.45, 7) is 3.75. The standard InChI is InChI=1S/C24H31BrN6O5/c1-12(2)8-13(10-32)31-20(22(34)27-11-30-16-7-5-4-6-15(16)28-29-30)24-9-14(25)19(36-24)17(21(33)26-3)18(24)23(31)35/h4-7,12-14,17-20,32H,8-11H2,1-3H3,(H,26,33)(H,27,34)/t13-,14?,17-,18+,19-,20?,24?/m1/s1. The van der Waals surface area contributed by atoms with Crippen molar-refractivity contribution in [2.24, 2.45) is 17.8 Å². The number of fused-ring (bicyclic) bond motifs is 2. The van der Waals surface area contributed by atoms with E-state index in [4.69, 9.17) is 4.74 Å². The zero-order chi connectivity index (χ0) is 25.8. The third-order valence-electron chi connectivity index (χ3n) is 7.70. The number of benzene rings is 1. The van der Waals surface area contributed by atoms with Crippen LogP contribution in [0.1, 0.15) is 26.7 Å². The van der Waals surface area contributed by atoms with Gasteiger partial charge in [-0.05, 0) is 30.9 Å². The lowest BCUT2D eigenvalue weighted by Gasteiger charge is -2.37. The van der Waals surface area contributed by atoms with Gasteiger partial charge in [0.1, 0.15) is 23.8 Å². The second-order valence-electron chi connectivity index (χ2n) is 10.3. The van der Waals surface area contributed by atoms with Gasteiger partial charge < -0.3 is 25.4 Å². The number of aliphatic hydroxyl groups excluding tert-OH is 1. The number of aliphatic hydroxyl groups is 1. The van der Waals surface area contributed by atoms with E-state index in [1.807, 2.05) is 38.1 Å². The first-order chi connectivity index (χ1) is 17.2. The van der Waals surface area contributed by atoms with E-state index in [0.29, 0.717) is 18.4 Å². The number of carbonyl (C=O) groups excluding carboxylic acids is 3. The summed E-state index contributed by atoms with van der Waals surface area (Å²) in [5, 5.41) is 24.1. The first kappa shape index (κ1) is 25.1. The number of nitrogens with zero attached hydrogens (tertiary/aromatic N) is 4. The maximum absolute atomic E-state index is 13.9. The lowest BCUT2D eigenvalue weighted by molar-refractivity contribution is -0.146. The van der Waals surface area contributed by atoms with E-state index in [0.717, 1.165) is 5.52 Å². The molecule has 4 heterocycles. The maximum Gasteiger partial charge on any atom is 0.247 e. The summed E-state index contributed by atoms with van der Waals surface area (Å²) in [5.41, 5.74) is 0.291. The molecule has 1 aromatic heterocycles. The molecule has 12 heteroatoms. The fourth-order valence-electron chi connectivity index (χ4n) is 6.33. The van der Waals surface area contributed by atoms with Crippen LogP contribution in [-0.4, -0.2) is 85.0 Å². The number of halogens is 1. The van der Waals surface area contributed by atoms with Crippen LogP contribution in [0, 0.1) is 17.8 Å². The highest BCUT2D eigenvalue weighted by molar-refractivity contribution is 9.09. The van der Waals surface area contributed by atoms with E-state index in [1.54, 1.807) is 4.68 Å². The molecule has 1 spiro atoms. The van der Waals surface area contributed by atoms with Gasteiger partial charge in [0.2, 0.25) is 17.7 Å². The van der Waals surface area contributed by atoms with E-state index >= 15 is 0 Å². The minimum absolute atomic E-state index is 0.0483. The molecule has 36 heavy (non-hydrogen) atoms. The monoisotopic (exact) mass is 562 g/mol. The maximum atomic E-state index is 13.9. The van der Waals surface area contributed by atoms with Crippen molar-refractivity contribution in [3.8, 4) is 0 Å². The molecule has 5 rings (SSSR count). The minimum atomic E-state index is -1.17. The molecule has 0 saturated carbocycles. The van der Waals surface area contributed by atoms with E-state index < -0.39 is 41.5 Å². The van der Waals surface area contributed by atoms with Gasteiger partial charge in [0.05, 0.1) is 36.1 Å². The highest BCUT2D eigenvalue weighted by atomic mass is 79.9. The summed E-state index contributed by atoms with van der Waals surface area (Å²) in [7, 11) is 1.53. The second-order valence-corrected chi connectivity index (χ2v) is 11.4. The molecule has 3 N–H and O–H groups in total. The molecule has 3 fully saturated rings. The summed E-state index contributed by atoms with van der Waals surface area (Å²) >= 11 is 3.63. The van der Waals surface area contributed by atoms with Crippen LogP contribution < -0.4 is 10.6 Å². The van der Waals surface area contributed by atoms with Gasteiger partial charge in [-0.3, -0.25) is 14.4 Å². The van der Waals surface area contributed by atoms with E-state index in [2.05, 4.69) is 36.9 Å². The third-order valence-corrected chi connectivity index (χ3v) is 8.54. The summed E-state index contributed by atoms with van der Waals surface area (Å²) in [6, 6.07) is 5.83. The lowest BCUT2D eigenvalue weighted by atomic mass is 9.70. The Bertz CT molecular complexity index is 1190. The number of para-hydroxylation sites is 1. The fraction of sp³-hybridized carbons (Fsp3) is 0.625. The molecule has 11 nitrogen and oxygen atoms in total. The van der Waals surface area contributed by atoms with Gasteiger partial charge in [-0.15, -0.1) is 5.10 Å². The molecule has 3 aliphatic heterocycles. The third kappa shape index (κ3) is 3.72. The number of hydrogen-bond acceptors (Lipinski definition) is 7. The number of nitrogens with one attached hydrogen (secondary N) is 2. The molecule has 2 aromatic rings. The first-order valence-corrected chi connectivity index (χ1v) is 13.2. The van der Waals surface area contributed by atoms with Gasteiger partial charge in [0, 0.05) is 11.9 Å². The van der Waals surface area contributed by atoms with Crippen LogP contribution in [0.5, 0.6) is 0 Å². The molecule has 0 radical (unpaired) electrons. The number of aromatic nitrogens is 3. The van der Waals surface area contributed by atoms with E-state index in [1.165, 1.54) is 11.9 Å². The highest BCUT2D eigenvalue weighted by Crippen LogP contribution is 2.60. The van der Waals surface area contributed by atoms with Crippen LogP contribution >= 0.6 is 15.9 Å². The number of likely N-dealkylation sites (tertiary alicyclic amines) is 1. The zero-order valence-corrected chi connectivity index (χ0v) is 22.0. The van der Waals surface area contributed by atoms with Crippen molar-refractivity contribution in [2.75, 3.05) is 13.7 Å². The molecule has 194 valence electrons. The van der Waals surface area contributed by atoms with Crippen LogP contribution in [0.15, 0.2) is 24.3 Å². The summed E-state index contributed by atoms with van der Waals surface area (Å²) in [6.07, 6.45) is 0.393. The lowest BCUT2D eigenvalue weighted by Crippen LogP contribution is -2.58. The minimum Gasteiger partial charge on any atom is -0.394 e. The second kappa shape index (κ2) is 9.38. The highest BCUT2D eigenvalue weighted by Gasteiger charge is 2.76. The predicted octanol–water partition coefficient (Wildman–Crippen LogP) is 0.406. The average Bonchev–Trinajstić information content (AvgIpc) is 3.57. The van der Waals surface area contributed by atoms with Crippen molar-refractivity contribution in [2.45, 2.75) is 62.0 Å². The quantitative estimate of drug-likeness (QED) is 0.396. The molecule has 3 aliphatic rings. The molecular weight excluding hydrogens is 532 g/mol. The van der Waals surface area contributed by atoms with E-state index in [-0.39, 0.29) is 35.8 Å². The van der Waals surface area contributed by atoms with Crippen molar-refractivity contribution >= 4 is 44.7 Å². The van der Waals surface area contributed by atoms with Gasteiger partial charge in [0.15, 0.2) is 0 Å². The Balaban J connectivity index is 1.50.